The van der Waals surface area contributed by atoms with Gasteiger partial charge in [0, 0.05) is 24.3 Å². The molecule has 102 valence electrons. The fourth-order valence-electron chi connectivity index (χ4n) is 2.08. The average Bonchev–Trinajstić information content (AvgIpc) is 2.85. The van der Waals surface area contributed by atoms with Crippen LogP contribution >= 0.6 is 11.3 Å². The van der Waals surface area contributed by atoms with Crippen molar-refractivity contribution in [1.82, 2.24) is 10.2 Å². The Morgan fingerprint density at radius 2 is 1.68 bits per heavy atom. The summed E-state index contributed by atoms with van der Waals surface area (Å²) in [6.07, 6.45) is 2.32. The highest BCUT2D eigenvalue weighted by Gasteiger charge is 2.07. The van der Waals surface area contributed by atoms with E-state index < -0.39 is 0 Å². The van der Waals surface area contributed by atoms with Crippen LogP contribution in [0.2, 0.25) is 0 Å². The van der Waals surface area contributed by atoms with Crippen LogP contribution in [0.25, 0.3) is 10.6 Å². The lowest BCUT2D eigenvalue weighted by Crippen LogP contribution is -2.24. The molecule has 0 atom stereocenters. The Bertz CT molecular complexity index is 500. The largest absolute Gasteiger partial charge is 0.374 e. The molecule has 0 radical (unpaired) electrons. The first-order valence-electron chi connectivity index (χ1n) is 6.69. The molecule has 2 rings (SSSR count). The molecular formula is C14H20N4S. The molecule has 0 saturated carbocycles. The van der Waals surface area contributed by atoms with Crippen LogP contribution in [0.5, 0.6) is 0 Å². The Hall–Kier alpha value is -1.62. The molecule has 4 nitrogen and oxygen atoms in total. The van der Waals surface area contributed by atoms with E-state index in [2.05, 4.69) is 53.2 Å². The van der Waals surface area contributed by atoms with Crippen LogP contribution in [0.3, 0.4) is 0 Å². The van der Waals surface area contributed by atoms with Crippen molar-refractivity contribution < 1.29 is 0 Å². The van der Waals surface area contributed by atoms with Crippen molar-refractivity contribution in [2.45, 2.75) is 26.7 Å². The minimum absolute atomic E-state index is 0.512. The van der Waals surface area contributed by atoms with Gasteiger partial charge in [0.2, 0.25) is 5.13 Å². The zero-order chi connectivity index (χ0) is 13.7. The van der Waals surface area contributed by atoms with Crippen LogP contribution in [-0.2, 0) is 0 Å². The molecule has 1 aromatic carbocycles. The Kier molecular flexibility index (Phi) is 4.74. The number of aromatic nitrogens is 2. The van der Waals surface area contributed by atoms with Gasteiger partial charge in [-0.25, -0.2) is 0 Å². The second-order valence-electron chi connectivity index (χ2n) is 4.48. The first-order valence-corrected chi connectivity index (χ1v) is 7.50. The van der Waals surface area contributed by atoms with Crippen LogP contribution in [0.15, 0.2) is 24.3 Å². The van der Waals surface area contributed by atoms with E-state index in [4.69, 9.17) is 5.73 Å². The summed E-state index contributed by atoms with van der Waals surface area (Å²) in [6, 6.07) is 8.48. The molecule has 0 saturated heterocycles. The van der Waals surface area contributed by atoms with Crippen LogP contribution in [-0.4, -0.2) is 23.3 Å². The molecule has 0 spiro atoms. The van der Waals surface area contributed by atoms with E-state index in [0.29, 0.717) is 5.13 Å². The molecule has 0 bridgehead atoms. The highest BCUT2D eigenvalue weighted by atomic mass is 32.1. The summed E-state index contributed by atoms with van der Waals surface area (Å²) in [7, 11) is 0. The molecule has 0 fully saturated rings. The fraction of sp³-hybridized carbons (Fsp3) is 0.429. The van der Waals surface area contributed by atoms with Crippen molar-refractivity contribution in [3.8, 4) is 10.6 Å². The second-order valence-corrected chi connectivity index (χ2v) is 5.49. The van der Waals surface area contributed by atoms with Gasteiger partial charge in [0.05, 0.1) is 0 Å². The lowest BCUT2D eigenvalue weighted by Gasteiger charge is -2.23. The Labute approximate surface area is 118 Å². The van der Waals surface area contributed by atoms with Gasteiger partial charge in [-0.3, -0.25) is 0 Å². The monoisotopic (exact) mass is 276 g/mol. The van der Waals surface area contributed by atoms with E-state index in [1.54, 1.807) is 0 Å². The average molecular weight is 276 g/mol. The summed E-state index contributed by atoms with van der Waals surface area (Å²) in [5.74, 6) is 0. The number of anilines is 2. The summed E-state index contributed by atoms with van der Waals surface area (Å²) in [6.45, 7) is 6.61. The minimum Gasteiger partial charge on any atom is -0.374 e. The normalized spacial score (nSPS) is 10.6. The van der Waals surface area contributed by atoms with Crippen LogP contribution in [0.4, 0.5) is 10.8 Å². The van der Waals surface area contributed by atoms with E-state index in [1.165, 1.54) is 17.0 Å². The van der Waals surface area contributed by atoms with Crippen molar-refractivity contribution in [1.29, 1.82) is 0 Å². The molecule has 0 aliphatic carbocycles. The molecule has 2 aromatic rings. The van der Waals surface area contributed by atoms with Crippen LogP contribution in [0, 0.1) is 0 Å². The van der Waals surface area contributed by atoms with Crippen LogP contribution in [0.1, 0.15) is 26.7 Å². The molecule has 0 unspecified atom stereocenters. The van der Waals surface area contributed by atoms with Gasteiger partial charge in [-0.05, 0) is 37.1 Å². The lowest BCUT2D eigenvalue weighted by molar-refractivity contribution is 0.745. The van der Waals surface area contributed by atoms with Crippen molar-refractivity contribution in [2.75, 3.05) is 23.7 Å². The highest BCUT2D eigenvalue weighted by molar-refractivity contribution is 7.18. The molecule has 5 heteroatoms. The second kappa shape index (κ2) is 6.52. The van der Waals surface area contributed by atoms with Gasteiger partial charge in [-0.1, -0.05) is 25.2 Å². The molecule has 0 aliphatic rings. The van der Waals surface area contributed by atoms with E-state index in [1.807, 2.05) is 0 Å². The van der Waals surface area contributed by atoms with Crippen LogP contribution < -0.4 is 10.6 Å². The molecule has 2 N–H and O–H groups in total. The molecule has 0 amide bonds. The summed E-state index contributed by atoms with van der Waals surface area (Å²) >= 11 is 1.42. The third-order valence-electron chi connectivity index (χ3n) is 2.91. The van der Waals surface area contributed by atoms with Crippen molar-refractivity contribution in [2.24, 2.45) is 0 Å². The summed E-state index contributed by atoms with van der Waals surface area (Å²) in [4.78, 5) is 2.41. The highest BCUT2D eigenvalue weighted by Crippen LogP contribution is 2.26. The maximum atomic E-state index is 5.61. The minimum atomic E-state index is 0.512. The molecular weight excluding hydrogens is 256 g/mol. The molecule has 0 aliphatic heterocycles. The standard InChI is InChI=1S/C14H20N4S/c1-3-9-18(10-4-2)12-7-5-11(6-8-12)13-16-17-14(15)19-13/h5-8H,3-4,9-10H2,1-2H3,(H2,15,17). The predicted octanol–water partition coefficient (Wildman–Crippen LogP) is 3.41. The Morgan fingerprint density at radius 1 is 1.05 bits per heavy atom. The van der Waals surface area contributed by atoms with E-state index >= 15 is 0 Å². The van der Waals surface area contributed by atoms with Gasteiger partial charge >= 0.3 is 0 Å². The number of nitrogens with zero attached hydrogens (tertiary/aromatic N) is 3. The van der Waals surface area contributed by atoms with E-state index in [9.17, 15) is 0 Å². The number of rotatable bonds is 6. The van der Waals surface area contributed by atoms with Gasteiger partial charge in [-0.15, -0.1) is 10.2 Å². The number of hydrogen-bond donors (Lipinski definition) is 1. The maximum absolute atomic E-state index is 5.61. The third kappa shape index (κ3) is 3.44. The summed E-state index contributed by atoms with van der Waals surface area (Å²) < 4.78 is 0. The number of nitrogen functional groups attached to an aromatic ring is 1. The summed E-state index contributed by atoms with van der Waals surface area (Å²) in [5, 5.41) is 9.30. The summed E-state index contributed by atoms with van der Waals surface area (Å²) in [5.41, 5.74) is 7.95. The number of benzene rings is 1. The van der Waals surface area contributed by atoms with Gasteiger partial charge in [0.1, 0.15) is 5.01 Å². The topological polar surface area (TPSA) is 55.0 Å². The third-order valence-corrected chi connectivity index (χ3v) is 3.71. The molecule has 1 aromatic heterocycles. The van der Waals surface area contributed by atoms with Gasteiger partial charge in [-0.2, -0.15) is 0 Å². The first-order chi connectivity index (χ1) is 9.24. The molecule has 1 heterocycles. The van der Waals surface area contributed by atoms with E-state index in [-0.39, 0.29) is 0 Å². The smallest absolute Gasteiger partial charge is 0.203 e. The lowest BCUT2D eigenvalue weighted by atomic mass is 10.2. The first kappa shape index (κ1) is 13.8. The molecule has 19 heavy (non-hydrogen) atoms. The zero-order valence-electron chi connectivity index (χ0n) is 11.5. The Morgan fingerprint density at radius 3 is 2.16 bits per heavy atom. The van der Waals surface area contributed by atoms with Gasteiger partial charge in [0.25, 0.3) is 0 Å². The quantitative estimate of drug-likeness (QED) is 0.878. The van der Waals surface area contributed by atoms with Crippen molar-refractivity contribution in [3.05, 3.63) is 24.3 Å². The van der Waals surface area contributed by atoms with Gasteiger partial charge < -0.3 is 10.6 Å². The zero-order valence-corrected chi connectivity index (χ0v) is 12.3. The van der Waals surface area contributed by atoms with Crippen molar-refractivity contribution in [3.63, 3.8) is 0 Å². The number of nitrogens with two attached hydrogens (primary N) is 1. The Balaban J connectivity index is 2.17. The number of hydrogen-bond acceptors (Lipinski definition) is 5. The van der Waals surface area contributed by atoms with Gasteiger partial charge in [0.15, 0.2) is 0 Å². The fourth-order valence-corrected chi connectivity index (χ4v) is 2.69. The maximum Gasteiger partial charge on any atom is 0.203 e. The van der Waals surface area contributed by atoms with Crippen molar-refractivity contribution >= 4 is 22.2 Å². The SMILES string of the molecule is CCCN(CCC)c1ccc(-c2nnc(N)s2)cc1. The predicted molar refractivity (Wildman–Crippen MR) is 82.6 cm³/mol. The van der Waals surface area contributed by atoms with E-state index in [0.717, 1.165) is 36.5 Å².